The van der Waals surface area contributed by atoms with Crippen molar-refractivity contribution in [3.63, 3.8) is 0 Å². The fourth-order valence-electron chi connectivity index (χ4n) is 6.63. The number of fused-ring (bicyclic) bond motifs is 6. The largest absolute Gasteiger partial charge is 0.366 e. The highest BCUT2D eigenvalue weighted by Gasteiger charge is 2.20. The first-order valence-corrected chi connectivity index (χ1v) is 16.1. The number of rotatable bonds is 4. The van der Waals surface area contributed by atoms with Gasteiger partial charge in [0.15, 0.2) is 0 Å². The molecule has 4 N–H and O–H groups in total. The van der Waals surface area contributed by atoms with Crippen molar-refractivity contribution in [1.29, 1.82) is 0 Å². The van der Waals surface area contributed by atoms with E-state index in [0.717, 1.165) is 39.2 Å². The number of carbonyl (C=O) groups excluding carboxylic acids is 2. The molecule has 260 valence electrons. The summed E-state index contributed by atoms with van der Waals surface area (Å²) in [6.45, 7) is 9.40. The van der Waals surface area contributed by atoms with E-state index < -0.39 is 23.4 Å². The van der Waals surface area contributed by atoms with E-state index in [1.54, 1.807) is 28.7 Å². The summed E-state index contributed by atoms with van der Waals surface area (Å²) in [7, 11) is 0. The van der Waals surface area contributed by atoms with Crippen molar-refractivity contribution in [2.24, 2.45) is 11.5 Å². The van der Waals surface area contributed by atoms with E-state index in [1.807, 2.05) is 45.1 Å². The van der Waals surface area contributed by atoms with Gasteiger partial charge in [0.1, 0.15) is 29.1 Å². The van der Waals surface area contributed by atoms with E-state index >= 15 is 0 Å². The highest BCUT2D eigenvalue weighted by Crippen LogP contribution is 2.32. The van der Waals surface area contributed by atoms with Gasteiger partial charge in [-0.2, -0.15) is 0 Å². The smallest absolute Gasteiger partial charge is 0.251 e. The van der Waals surface area contributed by atoms with Crippen LogP contribution in [0, 0.1) is 52.1 Å². The number of imidazole rings is 2. The Bertz CT molecular complexity index is 2810. The predicted octanol–water partition coefficient (Wildman–Crippen LogP) is 7.26. The molecule has 4 heterocycles. The van der Waals surface area contributed by atoms with E-state index in [-0.39, 0.29) is 11.4 Å². The van der Waals surface area contributed by atoms with Crippen LogP contribution in [0.25, 0.3) is 55.9 Å². The lowest BCUT2D eigenvalue weighted by atomic mass is 10.0. The average Bonchev–Trinajstić information content (AvgIpc) is 3.64. The molecule has 0 aliphatic rings. The highest BCUT2D eigenvalue weighted by molar-refractivity contribution is 5.95. The van der Waals surface area contributed by atoms with Gasteiger partial charge in [-0.15, -0.1) is 0 Å². The third-order valence-corrected chi connectivity index (χ3v) is 8.97. The molecule has 4 aromatic carbocycles. The van der Waals surface area contributed by atoms with Crippen LogP contribution >= 0.6 is 0 Å². The van der Waals surface area contributed by atoms with Crippen LogP contribution in [0.1, 0.15) is 49.1 Å². The molecule has 0 saturated heterocycles. The number of nitrogens with zero attached hydrogens (tertiary/aromatic N) is 6. The Morgan fingerprint density at radius 1 is 0.577 bits per heavy atom. The number of aryl methyl sites for hydroxylation is 5. The topological polar surface area (TPSA) is 147 Å². The van der Waals surface area contributed by atoms with E-state index in [9.17, 15) is 22.8 Å². The van der Waals surface area contributed by atoms with Gasteiger partial charge in [-0.05, 0) is 94.8 Å². The maximum Gasteiger partial charge on any atom is 0.251 e. The lowest BCUT2D eigenvalue weighted by molar-refractivity contribution is 0.0989. The molecule has 2 amide bonds. The summed E-state index contributed by atoms with van der Waals surface area (Å²) in [5.74, 6) is -1.72. The van der Waals surface area contributed by atoms with Crippen LogP contribution in [0.2, 0.25) is 0 Å². The molecule has 52 heavy (non-hydrogen) atoms. The van der Waals surface area contributed by atoms with Crippen molar-refractivity contribution < 1.29 is 22.8 Å². The molecule has 8 rings (SSSR count). The standard InChI is InChI=1S/C20H17FN4O.C19H14F2N4O/c1-10-4-5-13(19(22)26)8-15(10)20-24-12(3)18-11(2)23-16-7-6-14(21)9-17(16)25(18)20;1-9-17-10(2)24-19(11-3-5-14(21)13(7-11)18(22)26)25(17)16-8-12(20)4-6-15(16)23-9/h4-9H,1-3H3,(H2,22,26);3-8H,1-2H3,(H2,22,26). The van der Waals surface area contributed by atoms with Crippen LogP contribution in [0.15, 0.2) is 72.8 Å². The Hall–Kier alpha value is -6.63. The quantitative estimate of drug-likeness (QED) is 0.198. The second-order valence-electron chi connectivity index (χ2n) is 12.5. The summed E-state index contributed by atoms with van der Waals surface area (Å²) in [6, 6.07) is 18.1. The molecular formula is C39H31F3N8O2. The summed E-state index contributed by atoms with van der Waals surface area (Å²) in [6.07, 6.45) is 0. The number of aromatic nitrogens is 6. The molecular weight excluding hydrogens is 669 g/mol. The number of benzene rings is 4. The van der Waals surface area contributed by atoms with Crippen molar-refractivity contribution >= 4 is 44.9 Å². The zero-order valence-electron chi connectivity index (χ0n) is 28.7. The van der Waals surface area contributed by atoms with Crippen molar-refractivity contribution in [3.05, 3.63) is 130 Å². The molecule has 0 unspecified atom stereocenters. The van der Waals surface area contributed by atoms with Crippen molar-refractivity contribution in [1.82, 2.24) is 28.7 Å². The average molecular weight is 701 g/mol. The second-order valence-corrected chi connectivity index (χ2v) is 12.5. The number of nitrogens with two attached hydrogens (primary N) is 2. The van der Waals surface area contributed by atoms with E-state index in [1.165, 1.54) is 42.5 Å². The minimum atomic E-state index is -0.865. The Balaban J connectivity index is 0.000000162. The molecule has 10 nitrogen and oxygen atoms in total. The first kappa shape index (κ1) is 33.8. The Morgan fingerprint density at radius 2 is 1.10 bits per heavy atom. The number of halogens is 3. The minimum Gasteiger partial charge on any atom is -0.366 e. The van der Waals surface area contributed by atoms with Crippen molar-refractivity contribution in [2.75, 3.05) is 0 Å². The van der Waals surface area contributed by atoms with Gasteiger partial charge in [0.05, 0.1) is 61.4 Å². The Morgan fingerprint density at radius 3 is 1.63 bits per heavy atom. The molecule has 0 bridgehead atoms. The molecule has 0 radical (unpaired) electrons. The number of hydrogen-bond donors (Lipinski definition) is 2. The number of carbonyl (C=O) groups is 2. The molecule has 0 aliphatic heterocycles. The van der Waals surface area contributed by atoms with Gasteiger partial charge in [-0.3, -0.25) is 18.4 Å². The van der Waals surface area contributed by atoms with Crippen LogP contribution < -0.4 is 11.5 Å². The molecule has 0 fully saturated rings. The summed E-state index contributed by atoms with van der Waals surface area (Å²) < 4.78 is 45.3. The fraction of sp³-hybridized carbons (Fsp3) is 0.128. The van der Waals surface area contributed by atoms with Crippen molar-refractivity contribution in [3.8, 4) is 22.8 Å². The monoisotopic (exact) mass is 700 g/mol. The van der Waals surface area contributed by atoms with Crippen LogP contribution in [-0.2, 0) is 0 Å². The lowest BCUT2D eigenvalue weighted by Gasteiger charge is -2.10. The third kappa shape index (κ3) is 5.65. The van der Waals surface area contributed by atoms with Crippen molar-refractivity contribution in [2.45, 2.75) is 34.6 Å². The zero-order valence-corrected chi connectivity index (χ0v) is 28.7. The zero-order chi connectivity index (χ0) is 37.2. The number of primary amides is 2. The minimum absolute atomic E-state index is 0.224. The Kier molecular flexibility index (Phi) is 8.20. The van der Waals surface area contributed by atoms with Gasteiger partial charge >= 0.3 is 0 Å². The van der Waals surface area contributed by atoms with Gasteiger partial charge in [0.2, 0.25) is 5.91 Å². The van der Waals surface area contributed by atoms with Gasteiger partial charge in [0.25, 0.3) is 5.91 Å². The summed E-state index contributed by atoms with van der Waals surface area (Å²) in [5.41, 5.74) is 20.1. The van der Waals surface area contributed by atoms with Crippen LogP contribution in [0.4, 0.5) is 13.2 Å². The van der Waals surface area contributed by atoms with Crippen LogP contribution in [-0.4, -0.2) is 40.6 Å². The van der Waals surface area contributed by atoms with Gasteiger partial charge < -0.3 is 11.5 Å². The first-order valence-electron chi connectivity index (χ1n) is 16.1. The summed E-state index contributed by atoms with van der Waals surface area (Å²) >= 11 is 0. The predicted molar refractivity (Wildman–Crippen MR) is 192 cm³/mol. The van der Waals surface area contributed by atoms with Gasteiger partial charge in [-0.25, -0.2) is 33.1 Å². The van der Waals surface area contributed by atoms with Crippen LogP contribution in [0.3, 0.4) is 0 Å². The number of hydrogen-bond acceptors (Lipinski definition) is 6. The van der Waals surface area contributed by atoms with Gasteiger partial charge in [0, 0.05) is 28.8 Å². The van der Waals surface area contributed by atoms with E-state index in [0.29, 0.717) is 50.5 Å². The molecule has 0 aliphatic carbocycles. The third-order valence-electron chi connectivity index (χ3n) is 8.97. The maximum absolute atomic E-state index is 13.9. The summed E-state index contributed by atoms with van der Waals surface area (Å²) in [5, 5.41) is 0. The normalized spacial score (nSPS) is 11.4. The van der Waals surface area contributed by atoms with Gasteiger partial charge in [-0.1, -0.05) is 6.07 Å². The second kappa shape index (κ2) is 12.6. The molecule has 0 atom stereocenters. The van der Waals surface area contributed by atoms with Crippen LogP contribution in [0.5, 0.6) is 0 Å². The SMILES string of the molecule is Cc1ccc(C(N)=O)cc1-c1nc(C)c2c(C)nc3ccc(F)cc3n12.Cc1nc(-c2ccc(F)c(C(N)=O)c2)n2c1c(C)nc1ccc(F)cc12. The molecule has 0 spiro atoms. The molecule has 13 heteroatoms. The maximum atomic E-state index is 13.9. The van der Waals surface area contributed by atoms with E-state index in [2.05, 4.69) is 15.0 Å². The molecule has 0 saturated carbocycles. The first-order chi connectivity index (χ1) is 24.7. The Labute approximate surface area is 294 Å². The molecule has 4 aromatic heterocycles. The molecule has 8 aromatic rings. The number of amides is 2. The van der Waals surface area contributed by atoms with E-state index in [4.69, 9.17) is 16.5 Å². The highest BCUT2D eigenvalue weighted by atomic mass is 19.1. The fourth-order valence-corrected chi connectivity index (χ4v) is 6.63. The summed E-state index contributed by atoms with van der Waals surface area (Å²) in [4.78, 5) is 41.4. The lowest BCUT2D eigenvalue weighted by Crippen LogP contribution is -2.13.